The van der Waals surface area contributed by atoms with Crippen LogP contribution in [0.1, 0.15) is 47.1 Å². The van der Waals surface area contributed by atoms with Crippen LogP contribution in [0.2, 0.25) is 18.1 Å². The van der Waals surface area contributed by atoms with Gasteiger partial charge in [-0.05, 0) is 42.8 Å². The molecule has 0 atom stereocenters. The van der Waals surface area contributed by atoms with Crippen molar-refractivity contribution in [2.45, 2.75) is 65.1 Å². The van der Waals surface area contributed by atoms with Crippen molar-refractivity contribution in [2.75, 3.05) is 6.61 Å². The van der Waals surface area contributed by atoms with E-state index in [2.05, 4.69) is 65.9 Å². The molecule has 0 saturated carbocycles. The molecule has 0 bridgehead atoms. The van der Waals surface area contributed by atoms with Gasteiger partial charge >= 0.3 is 5.97 Å². The fourth-order valence-corrected chi connectivity index (χ4v) is 3.15. The highest BCUT2D eigenvalue weighted by atomic mass is 28.4. The van der Waals surface area contributed by atoms with Crippen LogP contribution in [0.3, 0.4) is 0 Å². The maximum atomic E-state index is 11.3. The smallest absolute Gasteiger partial charge is 0.330 e. The summed E-state index contributed by atoms with van der Waals surface area (Å²) >= 11 is 0. The van der Waals surface area contributed by atoms with E-state index in [1.807, 2.05) is 18.2 Å². The Morgan fingerprint density at radius 1 is 1.12 bits per heavy atom. The lowest BCUT2D eigenvalue weighted by Crippen LogP contribution is -2.43. The number of allylic oxidation sites excluding steroid dienone is 3. The normalized spacial score (nSPS) is 13.4. The lowest BCUT2D eigenvalue weighted by Gasteiger charge is -2.36. The lowest BCUT2D eigenvalue weighted by atomic mass is 9.84. The van der Waals surface area contributed by atoms with Gasteiger partial charge in [0.15, 0.2) is 0 Å². The van der Waals surface area contributed by atoms with Gasteiger partial charge in [-0.25, -0.2) is 4.79 Å². The van der Waals surface area contributed by atoms with Crippen LogP contribution in [-0.2, 0) is 14.9 Å². The molecule has 0 saturated heterocycles. The van der Waals surface area contributed by atoms with Crippen LogP contribution in [0, 0.1) is 0 Å². The van der Waals surface area contributed by atoms with E-state index in [4.69, 9.17) is 9.16 Å². The number of rotatable bonds is 7. The van der Waals surface area contributed by atoms with Gasteiger partial charge in [0.1, 0.15) is 5.75 Å². The molecule has 4 heteroatoms. The third-order valence-electron chi connectivity index (χ3n) is 4.90. The molecule has 0 aliphatic rings. The average Bonchev–Trinajstić information content (AvgIpc) is 2.50. The van der Waals surface area contributed by atoms with Gasteiger partial charge in [-0.15, -0.1) is 0 Å². The summed E-state index contributed by atoms with van der Waals surface area (Å²) in [5.41, 5.74) is 1.00. The summed E-state index contributed by atoms with van der Waals surface area (Å²) in [6.45, 7) is 17.7. The van der Waals surface area contributed by atoms with E-state index in [0.717, 1.165) is 5.75 Å². The summed E-state index contributed by atoms with van der Waals surface area (Å²) < 4.78 is 11.3. The van der Waals surface area contributed by atoms with Crippen molar-refractivity contribution in [3.8, 4) is 5.75 Å². The standard InChI is InChI=1S/C22H34O3Si/c1-9-24-20(23)15-10-11-16-22(5,6)18-13-12-14-19(17-18)25-26(7,8)21(2,3)4/h10-17H,9H2,1-8H3. The average molecular weight is 375 g/mol. The second-order valence-electron chi connectivity index (χ2n) is 8.58. The second kappa shape index (κ2) is 8.72. The van der Waals surface area contributed by atoms with E-state index >= 15 is 0 Å². The van der Waals surface area contributed by atoms with Crippen LogP contribution in [0.4, 0.5) is 0 Å². The highest BCUT2D eigenvalue weighted by molar-refractivity contribution is 6.74. The Kier molecular flexibility index (Phi) is 7.45. The third-order valence-corrected chi connectivity index (χ3v) is 9.26. The second-order valence-corrected chi connectivity index (χ2v) is 13.3. The predicted octanol–water partition coefficient (Wildman–Crippen LogP) is 6.02. The first-order chi connectivity index (χ1) is 11.9. The Bertz CT molecular complexity index is 664. The Labute approximate surface area is 160 Å². The van der Waals surface area contributed by atoms with Crippen molar-refractivity contribution in [1.29, 1.82) is 0 Å². The van der Waals surface area contributed by atoms with Crippen molar-refractivity contribution >= 4 is 14.3 Å². The molecule has 0 spiro atoms. The molecular formula is C22H34O3Si. The Morgan fingerprint density at radius 3 is 2.35 bits per heavy atom. The monoisotopic (exact) mass is 374 g/mol. The number of carbonyl (C=O) groups excluding carboxylic acids is 1. The maximum Gasteiger partial charge on any atom is 0.330 e. The fraction of sp³-hybridized carbons (Fsp3) is 0.500. The van der Waals surface area contributed by atoms with Crippen LogP contribution in [0.15, 0.2) is 48.6 Å². The largest absolute Gasteiger partial charge is 0.543 e. The van der Waals surface area contributed by atoms with E-state index in [1.54, 1.807) is 13.0 Å². The zero-order chi connectivity index (χ0) is 20.0. The van der Waals surface area contributed by atoms with Gasteiger partial charge < -0.3 is 9.16 Å². The van der Waals surface area contributed by atoms with E-state index in [-0.39, 0.29) is 16.4 Å². The quantitative estimate of drug-likeness (QED) is 0.253. The molecule has 3 nitrogen and oxygen atoms in total. The van der Waals surface area contributed by atoms with Crippen molar-refractivity contribution in [3.63, 3.8) is 0 Å². The summed E-state index contributed by atoms with van der Waals surface area (Å²) in [6, 6.07) is 8.31. The van der Waals surface area contributed by atoms with E-state index in [1.165, 1.54) is 11.6 Å². The molecule has 0 radical (unpaired) electrons. The molecule has 0 heterocycles. The SMILES string of the molecule is CCOC(=O)C=CC=CC(C)(C)c1cccc(O[Si](C)(C)C(C)(C)C)c1. The van der Waals surface area contributed by atoms with Crippen LogP contribution in [-0.4, -0.2) is 20.9 Å². The number of benzene rings is 1. The zero-order valence-corrected chi connectivity index (χ0v) is 18.6. The van der Waals surface area contributed by atoms with E-state index < -0.39 is 8.32 Å². The first kappa shape index (κ1) is 22.2. The summed E-state index contributed by atoms with van der Waals surface area (Å²) in [6.07, 6.45) is 7.12. The number of esters is 1. The molecule has 26 heavy (non-hydrogen) atoms. The van der Waals surface area contributed by atoms with Gasteiger partial charge in [0.2, 0.25) is 8.32 Å². The van der Waals surface area contributed by atoms with Gasteiger partial charge in [-0.3, -0.25) is 0 Å². The van der Waals surface area contributed by atoms with Crippen molar-refractivity contribution in [1.82, 2.24) is 0 Å². The topological polar surface area (TPSA) is 35.5 Å². The van der Waals surface area contributed by atoms with Crippen LogP contribution in [0.5, 0.6) is 5.75 Å². The fourth-order valence-electron chi connectivity index (χ4n) is 2.12. The maximum absolute atomic E-state index is 11.3. The Balaban J connectivity index is 2.93. The molecule has 0 aliphatic heterocycles. The Morgan fingerprint density at radius 2 is 1.77 bits per heavy atom. The molecule has 1 aromatic carbocycles. The van der Waals surface area contributed by atoms with Crippen LogP contribution < -0.4 is 4.43 Å². The van der Waals surface area contributed by atoms with E-state index in [0.29, 0.717) is 6.61 Å². The van der Waals surface area contributed by atoms with Gasteiger partial charge in [0.25, 0.3) is 0 Å². The van der Waals surface area contributed by atoms with Crippen molar-refractivity contribution in [2.24, 2.45) is 0 Å². The zero-order valence-electron chi connectivity index (χ0n) is 17.6. The third kappa shape index (κ3) is 6.49. The number of hydrogen-bond donors (Lipinski definition) is 0. The molecule has 1 aromatic rings. The van der Waals surface area contributed by atoms with Crippen LogP contribution >= 0.6 is 0 Å². The summed E-state index contributed by atoms with van der Waals surface area (Å²) in [5, 5.41) is 0.163. The molecule has 0 amide bonds. The minimum Gasteiger partial charge on any atom is -0.543 e. The van der Waals surface area contributed by atoms with Crippen molar-refractivity contribution < 1.29 is 14.0 Å². The molecule has 0 N–H and O–H groups in total. The minimum absolute atomic E-state index is 0.163. The summed E-state index contributed by atoms with van der Waals surface area (Å²) in [7, 11) is -1.86. The summed E-state index contributed by atoms with van der Waals surface area (Å²) in [5.74, 6) is 0.609. The molecule has 144 valence electrons. The van der Waals surface area contributed by atoms with Gasteiger partial charge in [0.05, 0.1) is 6.61 Å². The molecular weight excluding hydrogens is 340 g/mol. The summed E-state index contributed by atoms with van der Waals surface area (Å²) in [4.78, 5) is 11.3. The Hall–Kier alpha value is -1.81. The first-order valence-corrected chi connectivity index (χ1v) is 12.1. The molecule has 0 unspecified atom stereocenters. The number of carbonyl (C=O) groups is 1. The highest BCUT2D eigenvalue weighted by Crippen LogP contribution is 2.38. The molecule has 0 aromatic heterocycles. The van der Waals surface area contributed by atoms with Gasteiger partial charge in [0, 0.05) is 11.5 Å². The minimum atomic E-state index is -1.86. The van der Waals surface area contributed by atoms with Gasteiger partial charge in [-0.2, -0.15) is 0 Å². The number of ether oxygens (including phenoxy) is 1. The van der Waals surface area contributed by atoms with Crippen LogP contribution in [0.25, 0.3) is 0 Å². The van der Waals surface area contributed by atoms with E-state index in [9.17, 15) is 4.79 Å². The van der Waals surface area contributed by atoms with Gasteiger partial charge in [-0.1, -0.05) is 65.0 Å². The molecule has 0 fully saturated rings. The van der Waals surface area contributed by atoms with Crippen molar-refractivity contribution in [3.05, 3.63) is 54.1 Å². The molecule has 1 rings (SSSR count). The predicted molar refractivity (Wildman–Crippen MR) is 112 cm³/mol. The highest BCUT2D eigenvalue weighted by Gasteiger charge is 2.39. The number of hydrogen-bond acceptors (Lipinski definition) is 3. The molecule has 0 aliphatic carbocycles. The lowest BCUT2D eigenvalue weighted by molar-refractivity contribution is -0.137. The first-order valence-electron chi connectivity index (χ1n) is 9.21.